The number of sulfone groups is 1. The van der Waals surface area contributed by atoms with Gasteiger partial charge >= 0.3 is 5.97 Å². The molecule has 0 aliphatic heterocycles. The number of hydrogen-bond donors (Lipinski definition) is 3. The third-order valence-corrected chi connectivity index (χ3v) is 7.14. The zero-order chi connectivity index (χ0) is 23.3. The van der Waals surface area contributed by atoms with Crippen molar-refractivity contribution in [2.75, 3.05) is 13.1 Å². The minimum absolute atomic E-state index is 0. The van der Waals surface area contributed by atoms with Crippen molar-refractivity contribution in [1.82, 2.24) is 5.32 Å². The largest absolute Gasteiger partial charge is 0.478 e. The van der Waals surface area contributed by atoms with Gasteiger partial charge < -0.3 is 15.5 Å². The third-order valence-electron chi connectivity index (χ3n) is 5.13. The van der Waals surface area contributed by atoms with Gasteiger partial charge in [-0.3, -0.25) is 0 Å². The predicted molar refractivity (Wildman–Crippen MR) is 130 cm³/mol. The van der Waals surface area contributed by atoms with E-state index < -0.39 is 21.9 Å². The number of halogens is 2. The molecule has 0 spiro atoms. The van der Waals surface area contributed by atoms with E-state index in [4.69, 9.17) is 16.7 Å². The fourth-order valence-electron chi connectivity index (χ4n) is 3.32. The normalized spacial score (nSPS) is 12.1. The molecule has 0 unspecified atom stereocenters. The van der Waals surface area contributed by atoms with E-state index >= 15 is 0 Å². The number of aliphatic hydroxyl groups excluding tert-OH is 1. The van der Waals surface area contributed by atoms with Gasteiger partial charge in [0.2, 0.25) is 9.84 Å². The average Bonchev–Trinajstić information content (AvgIpc) is 2.76. The fraction of sp³-hybridized carbons (Fsp3) is 0.208. The first-order valence-electron chi connectivity index (χ1n) is 10.0. The van der Waals surface area contributed by atoms with Crippen LogP contribution >= 0.6 is 24.0 Å². The monoisotopic (exact) mass is 509 g/mol. The fourth-order valence-corrected chi connectivity index (χ4v) is 4.86. The van der Waals surface area contributed by atoms with E-state index in [0.717, 1.165) is 11.1 Å². The second kappa shape index (κ2) is 11.6. The van der Waals surface area contributed by atoms with Crippen LogP contribution in [0.4, 0.5) is 0 Å². The van der Waals surface area contributed by atoms with Crippen LogP contribution in [0.15, 0.2) is 76.5 Å². The zero-order valence-electron chi connectivity index (χ0n) is 17.9. The summed E-state index contributed by atoms with van der Waals surface area (Å²) < 4.78 is 25.8. The highest BCUT2D eigenvalue weighted by Gasteiger charge is 2.19. The Bertz CT molecular complexity index is 1210. The van der Waals surface area contributed by atoms with E-state index in [1.807, 2.05) is 6.07 Å². The van der Waals surface area contributed by atoms with E-state index in [2.05, 4.69) is 5.32 Å². The molecule has 0 aromatic heterocycles. The van der Waals surface area contributed by atoms with Crippen LogP contribution in [-0.4, -0.2) is 37.7 Å². The van der Waals surface area contributed by atoms with E-state index in [1.54, 1.807) is 49.4 Å². The number of carbonyl (C=O) groups is 1. The lowest BCUT2D eigenvalue weighted by Gasteiger charge is -2.13. The van der Waals surface area contributed by atoms with Crippen LogP contribution in [0.5, 0.6) is 0 Å². The second-order valence-corrected chi connectivity index (χ2v) is 9.84. The first-order chi connectivity index (χ1) is 15.2. The van der Waals surface area contributed by atoms with Crippen LogP contribution in [-0.2, 0) is 16.3 Å². The Morgan fingerprint density at radius 2 is 1.70 bits per heavy atom. The lowest BCUT2D eigenvalue weighted by molar-refractivity contribution is 0.0696. The second-order valence-electron chi connectivity index (χ2n) is 7.45. The molecule has 0 heterocycles. The highest BCUT2D eigenvalue weighted by Crippen LogP contribution is 2.24. The molecule has 3 aromatic carbocycles. The van der Waals surface area contributed by atoms with E-state index in [9.17, 15) is 18.3 Å². The van der Waals surface area contributed by atoms with Crippen LogP contribution < -0.4 is 5.32 Å². The quantitative estimate of drug-likeness (QED) is 0.367. The predicted octanol–water partition coefficient (Wildman–Crippen LogP) is 4.47. The number of benzene rings is 3. The van der Waals surface area contributed by atoms with Gasteiger partial charge in [-0.15, -0.1) is 12.4 Å². The Labute approximate surface area is 204 Å². The maximum absolute atomic E-state index is 12.9. The highest BCUT2D eigenvalue weighted by atomic mass is 35.5. The molecular formula is C24H25Cl2NO5S. The van der Waals surface area contributed by atoms with Crippen molar-refractivity contribution >= 4 is 39.8 Å². The molecule has 0 saturated carbocycles. The first-order valence-corrected chi connectivity index (χ1v) is 11.9. The number of rotatable bonds is 9. The summed E-state index contributed by atoms with van der Waals surface area (Å²) in [7, 11) is -3.74. The Kier molecular flexibility index (Phi) is 9.46. The van der Waals surface area contributed by atoms with Crippen molar-refractivity contribution in [3.05, 3.63) is 94.0 Å². The summed E-state index contributed by atoms with van der Waals surface area (Å²) in [6.07, 6.45) is -0.00755. The molecule has 0 saturated heterocycles. The summed E-state index contributed by atoms with van der Waals surface area (Å²) in [5.41, 5.74) is 2.16. The van der Waals surface area contributed by atoms with Crippen LogP contribution in [0.2, 0.25) is 5.02 Å². The van der Waals surface area contributed by atoms with E-state index in [-0.39, 0.29) is 27.8 Å². The number of nitrogens with one attached hydrogen (secondary N) is 1. The van der Waals surface area contributed by atoms with E-state index in [0.29, 0.717) is 30.1 Å². The summed E-state index contributed by atoms with van der Waals surface area (Å²) in [5, 5.41) is 23.1. The number of aliphatic hydroxyl groups is 1. The summed E-state index contributed by atoms with van der Waals surface area (Å²) in [6.45, 7) is 2.56. The van der Waals surface area contributed by atoms with Crippen LogP contribution in [0.1, 0.15) is 33.2 Å². The Hall–Kier alpha value is -2.42. The maximum Gasteiger partial charge on any atom is 0.335 e. The van der Waals surface area contributed by atoms with Gasteiger partial charge in [-0.05, 0) is 79.0 Å². The van der Waals surface area contributed by atoms with Crippen molar-refractivity contribution in [1.29, 1.82) is 0 Å². The molecule has 6 nitrogen and oxygen atoms in total. The van der Waals surface area contributed by atoms with Crippen LogP contribution in [0.3, 0.4) is 0 Å². The number of carboxylic acid groups (broad SMARTS) is 1. The Morgan fingerprint density at radius 1 is 1.03 bits per heavy atom. The van der Waals surface area contributed by atoms with Gasteiger partial charge in [0.15, 0.2) is 0 Å². The summed E-state index contributed by atoms with van der Waals surface area (Å²) in [6, 6.07) is 17.7. The number of aromatic carboxylic acids is 1. The van der Waals surface area contributed by atoms with Crippen LogP contribution in [0, 0.1) is 6.92 Å². The SMILES string of the molecule is Cc1cc(S(=O)(=O)c2ccc(CCNC[C@@H](O)c3cccc(Cl)c3)cc2)ccc1C(=O)O.Cl. The van der Waals surface area contributed by atoms with Gasteiger partial charge in [-0.1, -0.05) is 35.9 Å². The Morgan fingerprint density at radius 3 is 2.30 bits per heavy atom. The molecule has 0 radical (unpaired) electrons. The van der Waals surface area contributed by atoms with Crippen LogP contribution in [0.25, 0.3) is 0 Å². The minimum atomic E-state index is -3.74. The molecule has 33 heavy (non-hydrogen) atoms. The molecule has 176 valence electrons. The Balaban J connectivity index is 0.00000385. The van der Waals surface area contributed by atoms with Gasteiger partial charge in [0, 0.05) is 11.6 Å². The molecule has 3 N–H and O–H groups in total. The molecule has 0 fully saturated rings. The molecule has 3 rings (SSSR count). The zero-order valence-corrected chi connectivity index (χ0v) is 20.3. The molecule has 0 aliphatic carbocycles. The van der Waals surface area contributed by atoms with Crippen molar-refractivity contribution in [3.8, 4) is 0 Å². The lowest BCUT2D eigenvalue weighted by Crippen LogP contribution is -2.23. The molecular weight excluding hydrogens is 485 g/mol. The average molecular weight is 510 g/mol. The molecule has 1 atom stereocenters. The van der Waals surface area contributed by atoms with Crippen molar-refractivity contribution in [2.24, 2.45) is 0 Å². The topological polar surface area (TPSA) is 104 Å². The molecule has 9 heteroatoms. The highest BCUT2D eigenvalue weighted by molar-refractivity contribution is 7.91. The van der Waals surface area contributed by atoms with E-state index in [1.165, 1.54) is 18.2 Å². The minimum Gasteiger partial charge on any atom is -0.478 e. The molecule has 0 bridgehead atoms. The molecule has 3 aromatic rings. The van der Waals surface area contributed by atoms with Gasteiger partial charge in [0.25, 0.3) is 0 Å². The standard InChI is InChI=1S/C24H24ClNO5S.ClH/c1-16-13-21(9-10-22(16)24(28)29)32(30,31)20-7-5-17(6-8-20)11-12-26-15-23(27)18-3-2-4-19(25)14-18;/h2-10,13-14,23,26-27H,11-12,15H2,1H3,(H,28,29);1H/t23-;/m1./s1. The molecule has 0 amide bonds. The number of aryl methyl sites for hydroxylation is 1. The third kappa shape index (κ3) is 6.79. The van der Waals surface area contributed by atoms with Gasteiger partial charge in [0.05, 0.1) is 21.5 Å². The van der Waals surface area contributed by atoms with Gasteiger partial charge in [0.1, 0.15) is 0 Å². The van der Waals surface area contributed by atoms with Crippen molar-refractivity contribution in [2.45, 2.75) is 29.2 Å². The number of hydrogen-bond acceptors (Lipinski definition) is 5. The number of carboxylic acids is 1. The van der Waals surface area contributed by atoms with Gasteiger partial charge in [-0.25, -0.2) is 13.2 Å². The van der Waals surface area contributed by atoms with Crippen molar-refractivity contribution < 1.29 is 23.4 Å². The van der Waals surface area contributed by atoms with Gasteiger partial charge in [-0.2, -0.15) is 0 Å². The summed E-state index contributed by atoms with van der Waals surface area (Å²) >= 11 is 5.94. The smallest absolute Gasteiger partial charge is 0.335 e. The summed E-state index contributed by atoms with van der Waals surface area (Å²) in [4.78, 5) is 11.4. The summed E-state index contributed by atoms with van der Waals surface area (Å²) in [5.74, 6) is -1.09. The lowest BCUT2D eigenvalue weighted by atomic mass is 10.1. The first kappa shape index (κ1) is 26.8. The molecule has 0 aliphatic rings. The van der Waals surface area contributed by atoms with Crippen molar-refractivity contribution in [3.63, 3.8) is 0 Å². The maximum atomic E-state index is 12.9.